The Kier molecular flexibility index (Phi) is 5.06. The first-order valence-corrected chi connectivity index (χ1v) is 6.92. The van der Waals surface area contributed by atoms with Crippen molar-refractivity contribution in [2.45, 2.75) is 25.0 Å². The molecule has 0 fully saturated rings. The number of nitrogens with one attached hydrogen (secondary N) is 1. The molecule has 0 heterocycles. The van der Waals surface area contributed by atoms with E-state index in [2.05, 4.69) is 5.32 Å². The van der Waals surface area contributed by atoms with E-state index in [1.54, 1.807) is 19.3 Å². The summed E-state index contributed by atoms with van der Waals surface area (Å²) in [7, 11) is 1.58. The van der Waals surface area contributed by atoms with E-state index in [9.17, 15) is 9.59 Å². The van der Waals surface area contributed by atoms with Gasteiger partial charge in [-0.25, -0.2) is 0 Å². The number of allylic oxidation sites excluding steroid dienone is 2. The molecule has 0 saturated heterocycles. The Hall–Kier alpha value is -2.20. The Morgan fingerprint density at radius 3 is 2.48 bits per heavy atom. The van der Waals surface area contributed by atoms with E-state index in [-0.39, 0.29) is 11.7 Å². The summed E-state index contributed by atoms with van der Waals surface area (Å²) in [6.45, 7) is 0.518. The van der Waals surface area contributed by atoms with Crippen LogP contribution < -0.4 is 5.32 Å². The minimum absolute atomic E-state index is 0.0334. The summed E-state index contributed by atoms with van der Waals surface area (Å²) in [6.07, 6.45) is 7.21. The molecule has 1 aromatic rings. The molecule has 1 aromatic carbocycles. The van der Waals surface area contributed by atoms with Gasteiger partial charge in [0.25, 0.3) is 0 Å². The van der Waals surface area contributed by atoms with Crippen LogP contribution in [-0.2, 0) is 20.9 Å². The Morgan fingerprint density at radius 1 is 1.19 bits per heavy atom. The second kappa shape index (κ2) is 6.99. The van der Waals surface area contributed by atoms with E-state index >= 15 is 0 Å². The highest BCUT2D eigenvalue weighted by molar-refractivity contribution is 6.00. The summed E-state index contributed by atoms with van der Waals surface area (Å²) < 4.78 is 5.43. The smallest absolute Gasteiger partial charge is 0.220 e. The Bertz CT molecular complexity index is 545. The minimum Gasteiger partial charge on any atom is -0.370 e. The normalized spacial score (nSPS) is 16.0. The zero-order valence-corrected chi connectivity index (χ0v) is 12.0. The highest BCUT2D eigenvalue weighted by atomic mass is 16.5. The number of carbonyl (C=O) groups is 2. The molecular weight excluding hydrogens is 266 g/mol. The highest BCUT2D eigenvalue weighted by Gasteiger charge is 2.26. The number of benzene rings is 1. The van der Waals surface area contributed by atoms with Crippen LogP contribution in [0.4, 0.5) is 0 Å². The van der Waals surface area contributed by atoms with E-state index in [0.717, 1.165) is 5.56 Å². The van der Waals surface area contributed by atoms with Gasteiger partial charge in [0, 0.05) is 20.1 Å². The quantitative estimate of drug-likeness (QED) is 0.871. The molecule has 0 radical (unpaired) electrons. The molecule has 110 valence electrons. The van der Waals surface area contributed by atoms with E-state index in [4.69, 9.17) is 4.74 Å². The fraction of sp³-hybridized carbons (Fsp3) is 0.294. The van der Waals surface area contributed by atoms with Crippen molar-refractivity contribution in [1.29, 1.82) is 0 Å². The Balaban J connectivity index is 1.82. The maximum atomic E-state index is 11.9. The third-order valence-corrected chi connectivity index (χ3v) is 3.51. The van der Waals surface area contributed by atoms with Crippen LogP contribution in [0.15, 0.2) is 54.6 Å². The molecule has 4 heteroatoms. The summed E-state index contributed by atoms with van der Waals surface area (Å²) >= 11 is 0. The predicted molar refractivity (Wildman–Crippen MR) is 80.5 cm³/mol. The number of ether oxygens (including phenoxy) is 1. The monoisotopic (exact) mass is 285 g/mol. The van der Waals surface area contributed by atoms with Gasteiger partial charge in [0.05, 0.1) is 0 Å². The molecule has 4 nitrogen and oxygen atoms in total. The number of carbonyl (C=O) groups excluding carboxylic acids is 2. The number of hydrogen-bond acceptors (Lipinski definition) is 3. The van der Waals surface area contributed by atoms with Gasteiger partial charge in [-0.3, -0.25) is 9.59 Å². The first kappa shape index (κ1) is 15.2. The van der Waals surface area contributed by atoms with Crippen LogP contribution in [0.3, 0.4) is 0 Å². The van der Waals surface area contributed by atoms with Gasteiger partial charge in [-0.05, 0) is 36.3 Å². The third-order valence-electron chi connectivity index (χ3n) is 3.51. The number of ketones is 1. The van der Waals surface area contributed by atoms with Crippen molar-refractivity contribution in [1.82, 2.24) is 5.32 Å². The summed E-state index contributed by atoms with van der Waals surface area (Å²) in [4.78, 5) is 23.1. The molecule has 2 rings (SSSR count). The van der Waals surface area contributed by atoms with Crippen LogP contribution in [0.2, 0.25) is 0 Å². The first-order valence-electron chi connectivity index (χ1n) is 6.92. The Labute approximate surface area is 124 Å². The molecular formula is C17H19NO3. The average Bonchev–Trinajstić information content (AvgIpc) is 2.54. The lowest BCUT2D eigenvalue weighted by molar-refractivity contribution is -0.122. The molecule has 0 aromatic heterocycles. The number of hydrogen-bond donors (Lipinski definition) is 1. The molecule has 0 bridgehead atoms. The average molecular weight is 285 g/mol. The largest absolute Gasteiger partial charge is 0.370 e. The van der Waals surface area contributed by atoms with Crippen molar-refractivity contribution in [3.63, 3.8) is 0 Å². The SMILES string of the molecule is COC1(CCC(=O)NCc2ccccc2)C=CC(=O)C=C1. The van der Waals surface area contributed by atoms with Crippen LogP contribution in [0.1, 0.15) is 18.4 Å². The molecule has 0 saturated carbocycles. The molecule has 1 amide bonds. The van der Waals surface area contributed by atoms with Crippen molar-refractivity contribution in [3.05, 3.63) is 60.2 Å². The molecule has 1 N–H and O–H groups in total. The molecule has 0 unspecified atom stereocenters. The van der Waals surface area contributed by atoms with Gasteiger partial charge in [-0.2, -0.15) is 0 Å². The van der Waals surface area contributed by atoms with E-state index in [1.807, 2.05) is 30.3 Å². The maximum absolute atomic E-state index is 11.9. The minimum atomic E-state index is -0.655. The third kappa shape index (κ3) is 4.39. The fourth-order valence-electron chi connectivity index (χ4n) is 2.16. The van der Waals surface area contributed by atoms with Crippen LogP contribution in [0, 0.1) is 0 Å². The van der Waals surface area contributed by atoms with E-state index in [0.29, 0.717) is 19.4 Å². The summed E-state index contributed by atoms with van der Waals surface area (Å²) in [5, 5.41) is 2.88. The van der Waals surface area contributed by atoms with Crippen LogP contribution in [0.25, 0.3) is 0 Å². The number of rotatable bonds is 6. The maximum Gasteiger partial charge on any atom is 0.220 e. The molecule has 0 spiro atoms. The van der Waals surface area contributed by atoms with E-state index < -0.39 is 5.60 Å². The second-order valence-electron chi connectivity index (χ2n) is 4.99. The summed E-state index contributed by atoms with van der Waals surface area (Å²) in [5.41, 5.74) is 0.410. The molecule has 0 atom stereocenters. The molecule has 1 aliphatic rings. The lowest BCUT2D eigenvalue weighted by Gasteiger charge is -2.27. The van der Waals surface area contributed by atoms with Crippen molar-refractivity contribution < 1.29 is 14.3 Å². The standard InChI is InChI=1S/C17H19NO3/c1-21-17(10-7-15(19)8-11-17)12-9-16(20)18-13-14-5-3-2-4-6-14/h2-8,10-11H,9,12-13H2,1H3,(H,18,20). The van der Waals surface area contributed by atoms with Crippen molar-refractivity contribution >= 4 is 11.7 Å². The lowest BCUT2D eigenvalue weighted by Crippen LogP contribution is -2.32. The van der Waals surface area contributed by atoms with Gasteiger partial charge in [-0.1, -0.05) is 30.3 Å². The number of methoxy groups -OCH3 is 1. The number of amides is 1. The zero-order valence-electron chi connectivity index (χ0n) is 12.0. The topological polar surface area (TPSA) is 55.4 Å². The zero-order chi connectivity index (χ0) is 15.1. The summed E-state index contributed by atoms with van der Waals surface area (Å²) in [5.74, 6) is -0.0924. The van der Waals surface area contributed by atoms with Gasteiger partial charge in [0.1, 0.15) is 5.60 Å². The Morgan fingerprint density at radius 2 is 1.86 bits per heavy atom. The molecule has 21 heavy (non-hydrogen) atoms. The fourth-order valence-corrected chi connectivity index (χ4v) is 2.16. The van der Waals surface area contributed by atoms with Gasteiger partial charge in [-0.15, -0.1) is 0 Å². The first-order chi connectivity index (χ1) is 10.1. The van der Waals surface area contributed by atoms with Gasteiger partial charge >= 0.3 is 0 Å². The van der Waals surface area contributed by atoms with Crippen LogP contribution >= 0.6 is 0 Å². The molecule has 1 aliphatic carbocycles. The molecule has 0 aliphatic heterocycles. The van der Waals surface area contributed by atoms with Crippen molar-refractivity contribution in [2.24, 2.45) is 0 Å². The van der Waals surface area contributed by atoms with E-state index in [1.165, 1.54) is 12.2 Å². The van der Waals surface area contributed by atoms with Gasteiger partial charge < -0.3 is 10.1 Å². The summed E-state index contributed by atoms with van der Waals surface area (Å²) in [6, 6.07) is 9.76. The van der Waals surface area contributed by atoms with Gasteiger partial charge in [0.2, 0.25) is 5.91 Å². The van der Waals surface area contributed by atoms with Gasteiger partial charge in [0.15, 0.2) is 5.78 Å². The van der Waals surface area contributed by atoms with Crippen LogP contribution in [-0.4, -0.2) is 24.4 Å². The predicted octanol–water partition coefficient (Wildman–Crippen LogP) is 2.16. The second-order valence-corrected chi connectivity index (χ2v) is 4.99. The van der Waals surface area contributed by atoms with Crippen molar-refractivity contribution in [2.75, 3.05) is 7.11 Å². The lowest BCUT2D eigenvalue weighted by atomic mass is 9.92. The highest BCUT2D eigenvalue weighted by Crippen LogP contribution is 2.24. The van der Waals surface area contributed by atoms with Crippen LogP contribution in [0.5, 0.6) is 0 Å². The van der Waals surface area contributed by atoms with Crippen molar-refractivity contribution in [3.8, 4) is 0 Å².